The first-order valence-corrected chi connectivity index (χ1v) is 12.3. The van der Waals surface area contributed by atoms with Crippen LogP contribution in [0.1, 0.15) is 67.1 Å². The van der Waals surface area contributed by atoms with Crippen molar-refractivity contribution in [3.8, 4) is 5.75 Å². The van der Waals surface area contributed by atoms with Gasteiger partial charge in [0.25, 0.3) is 5.91 Å². The van der Waals surface area contributed by atoms with Gasteiger partial charge in [0.1, 0.15) is 5.75 Å². The van der Waals surface area contributed by atoms with Crippen molar-refractivity contribution in [3.63, 3.8) is 0 Å². The van der Waals surface area contributed by atoms with Gasteiger partial charge in [-0.25, -0.2) is 0 Å². The van der Waals surface area contributed by atoms with E-state index in [-0.39, 0.29) is 28.9 Å². The second kappa shape index (κ2) is 8.14. The lowest BCUT2D eigenvalue weighted by molar-refractivity contribution is -0.0266. The normalized spacial score (nSPS) is 27.3. The Morgan fingerprint density at radius 3 is 2.42 bits per heavy atom. The van der Waals surface area contributed by atoms with Crippen LogP contribution in [0.5, 0.6) is 5.75 Å². The van der Waals surface area contributed by atoms with E-state index in [0.29, 0.717) is 12.2 Å². The number of carbonyl (C=O) groups is 1. The zero-order valence-corrected chi connectivity index (χ0v) is 20.1. The Morgan fingerprint density at radius 2 is 1.73 bits per heavy atom. The zero-order chi connectivity index (χ0) is 23.4. The first-order valence-electron chi connectivity index (χ1n) is 12.3. The van der Waals surface area contributed by atoms with Gasteiger partial charge in [-0.2, -0.15) is 0 Å². The van der Waals surface area contributed by atoms with Crippen LogP contribution in [0.25, 0.3) is 0 Å². The number of phenols is 1. The lowest BCUT2D eigenvalue weighted by Crippen LogP contribution is -2.64. The number of likely N-dealkylation sites (tertiary alicyclic amines) is 2. The number of piperidine rings is 2. The molecule has 1 aliphatic carbocycles. The Kier molecular flexibility index (Phi) is 5.53. The molecule has 5 heteroatoms. The third-order valence-electron chi connectivity index (χ3n) is 9.05. The highest BCUT2D eigenvalue weighted by atomic mass is 16.3. The number of aliphatic hydroxyl groups is 1. The SMILES string of the molecule is CC12CCN(C(=O)c3ccc(CN4CCC(O)CC4)cc3)C(Cc3c(O)cccc31)C2(C)C. The minimum Gasteiger partial charge on any atom is -0.508 e. The van der Waals surface area contributed by atoms with E-state index in [0.717, 1.165) is 56.6 Å². The van der Waals surface area contributed by atoms with Gasteiger partial charge in [0.05, 0.1) is 6.10 Å². The first-order chi connectivity index (χ1) is 15.7. The molecule has 5 rings (SSSR count). The van der Waals surface area contributed by atoms with Crippen LogP contribution in [-0.2, 0) is 18.4 Å². The molecule has 33 heavy (non-hydrogen) atoms. The number of hydrogen-bond acceptors (Lipinski definition) is 4. The summed E-state index contributed by atoms with van der Waals surface area (Å²) in [4.78, 5) is 18.1. The molecule has 0 radical (unpaired) electrons. The van der Waals surface area contributed by atoms with Gasteiger partial charge in [0, 0.05) is 43.2 Å². The van der Waals surface area contributed by atoms with Crippen LogP contribution in [0.2, 0.25) is 0 Å². The predicted octanol–water partition coefficient (Wildman–Crippen LogP) is 4.10. The largest absolute Gasteiger partial charge is 0.508 e. The average Bonchev–Trinajstić information content (AvgIpc) is 2.78. The molecular formula is C28H36N2O3. The van der Waals surface area contributed by atoms with Crippen molar-refractivity contribution >= 4 is 5.91 Å². The summed E-state index contributed by atoms with van der Waals surface area (Å²) in [6.07, 6.45) is 3.08. The number of nitrogens with zero attached hydrogens (tertiary/aromatic N) is 2. The van der Waals surface area contributed by atoms with E-state index < -0.39 is 0 Å². The lowest BCUT2D eigenvalue weighted by Gasteiger charge is -2.60. The second-order valence-corrected chi connectivity index (χ2v) is 11.0. The number of aliphatic hydroxyl groups excluding tert-OH is 1. The molecule has 0 aromatic heterocycles. The van der Waals surface area contributed by atoms with E-state index in [4.69, 9.17) is 0 Å². The van der Waals surface area contributed by atoms with Crippen LogP contribution in [0.3, 0.4) is 0 Å². The molecule has 2 N–H and O–H groups in total. The molecule has 2 heterocycles. The monoisotopic (exact) mass is 448 g/mol. The molecule has 2 aromatic carbocycles. The smallest absolute Gasteiger partial charge is 0.254 e. The van der Waals surface area contributed by atoms with Crippen LogP contribution in [-0.4, -0.2) is 57.7 Å². The van der Waals surface area contributed by atoms with Gasteiger partial charge in [-0.1, -0.05) is 45.0 Å². The number of carbonyl (C=O) groups excluding carboxylic acids is 1. The Morgan fingerprint density at radius 1 is 1.03 bits per heavy atom. The van der Waals surface area contributed by atoms with Crippen molar-refractivity contribution in [1.82, 2.24) is 9.80 Å². The highest BCUT2D eigenvalue weighted by molar-refractivity contribution is 5.94. The van der Waals surface area contributed by atoms with E-state index in [1.165, 1.54) is 11.1 Å². The van der Waals surface area contributed by atoms with Gasteiger partial charge in [0.15, 0.2) is 0 Å². The maximum Gasteiger partial charge on any atom is 0.254 e. The number of aromatic hydroxyl groups is 1. The standard InChI is InChI=1S/C28H36N2O3/c1-27(2)25-17-22-23(5-4-6-24(22)32)28(27,3)13-16-30(25)26(33)20-9-7-19(8-10-20)18-29-14-11-21(31)12-15-29/h4-10,21,25,31-32H,11-18H2,1-3H3. The summed E-state index contributed by atoms with van der Waals surface area (Å²) < 4.78 is 0. The molecule has 2 atom stereocenters. The Labute approximate surface area is 197 Å². The molecule has 2 unspecified atom stereocenters. The number of fused-ring (bicyclic) bond motifs is 4. The van der Waals surface area contributed by atoms with E-state index in [1.807, 2.05) is 18.2 Å². The van der Waals surface area contributed by atoms with Crippen molar-refractivity contribution in [1.29, 1.82) is 0 Å². The summed E-state index contributed by atoms with van der Waals surface area (Å²) in [6.45, 7) is 10.3. The van der Waals surface area contributed by atoms with Gasteiger partial charge in [-0.15, -0.1) is 0 Å². The van der Waals surface area contributed by atoms with Crippen molar-refractivity contribution in [2.75, 3.05) is 19.6 Å². The Bertz CT molecular complexity index is 1040. The van der Waals surface area contributed by atoms with Gasteiger partial charge in [-0.3, -0.25) is 9.69 Å². The van der Waals surface area contributed by atoms with Crippen LogP contribution >= 0.6 is 0 Å². The summed E-state index contributed by atoms with van der Waals surface area (Å²) in [6, 6.07) is 14.0. The molecule has 0 saturated carbocycles. The Hall–Kier alpha value is -2.37. The number of hydrogen-bond donors (Lipinski definition) is 2. The minimum absolute atomic E-state index is 0.0454. The summed E-state index contributed by atoms with van der Waals surface area (Å²) in [5.74, 6) is 0.435. The number of rotatable bonds is 3. The van der Waals surface area contributed by atoms with Crippen LogP contribution in [0.4, 0.5) is 0 Å². The van der Waals surface area contributed by atoms with Crippen molar-refractivity contribution in [2.24, 2.45) is 5.41 Å². The van der Waals surface area contributed by atoms with E-state index in [1.54, 1.807) is 6.07 Å². The zero-order valence-electron chi connectivity index (χ0n) is 20.1. The number of benzene rings is 2. The molecule has 5 nitrogen and oxygen atoms in total. The average molecular weight is 449 g/mol. The maximum atomic E-state index is 13.7. The number of phenolic OH excluding ortho intramolecular Hbond substituents is 1. The fourth-order valence-electron chi connectivity index (χ4n) is 6.42. The molecule has 1 amide bonds. The van der Waals surface area contributed by atoms with Gasteiger partial charge < -0.3 is 15.1 Å². The second-order valence-electron chi connectivity index (χ2n) is 11.0. The minimum atomic E-state index is -0.162. The van der Waals surface area contributed by atoms with E-state index in [9.17, 15) is 15.0 Å². The van der Waals surface area contributed by atoms with Crippen molar-refractivity contribution in [3.05, 3.63) is 64.7 Å². The molecule has 2 bridgehead atoms. The maximum absolute atomic E-state index is 13.7. The predicted molar refractivity (Wildman–Crippen MR) is 129 cm³/mol. The molecule has 2 aliphatic heterocycles. The molecule has 3 aliphatic rings. The summed E-state index contributed by atoms with van der Waals surface area (Å²) >= 11 is 0. The molecular weight excluding hydrogens is 412 g/mol. The number of amides is 1. The molecule has 2 saturated heterocycles. The van der Waals surface area contributed by atoms with E-state index in [2.05, 4.69) is 48.8 Å². The fraction of sp³-hybridized carbons (Fsp3) is 0.536. The molecule has 176 valence electrons. The topological polar surface area (TPSA) is 64.0 Å². The van der Waals surface area contributed by atoms with E-state index >= 15 is 0 Å². The Balaban J connectivity index is 1.36. The highest BCUT2D eigenvalue weighted by Gasteiger charge is 2.57. The lowest BCUT2D eigenvalue weighted by atomic mass is 9.51. The van der Waals surface area contributed by atoms with Crippen LogP contribution in [0.15, 0.2) is 42.5 Å². The highest BCUT2D eigenvalue weighted by Crippen LogP contribution is 2.57. The quantitative estimate of drug-likeness (QED) is 0.742. The van der Waals surface area contributed by atoms with Crippen molar-refractivity contribution in [2.45, 2.75) is 70.6 Å². The fourth-order valence-corrected chi connectivity index (χ4v) is 6.42. The van der Waals surface area contributed by atoms with Gasteiger partial charge in [0.2, 0.25) is 0 Å². The van der Waals surface area contributed by atoms with Gasteiger partial charge in [-0.05, 0) is 66.0 Å². The first kappa shape index (κ1) is 22.4. The summed E-state index contributed by atoms with van der Waals surface area (Å²) in [5, 5.41) is 20.3. The van der Waals surface area contributed by atoms with Crippen molar-refractivity contribution < 1.29 is 15.0 Å². The van der Waals surface area contributed by atoms with Crippen LogP contribution in [0, 0.1) is 5.41 Å². The molecule has 2 aromatic rings. The third kappa shape index (κ3) is 3.66. The molecule has 2 fully saturated rings. The third-order valence-corrected chi connectivity index (χ3v) is 9.05. The van der Waals surface area contributed by atoms with Gasteiger partial charge >= 0.3 is 0 Å². The summed E-state index contributed by atoms with van der Waals surface area (Å²) in [7, 11) is 0. The molecule has 0 spiro atoms. The summed E-state index contributed by atoms with van der Waals surface area (Å²) in [5.41, 5.74) is 4.00. The van der Waals surface area contributed by atoms with Crippen LogP contribution < -0.4 is 0 Å².